The van der Waals surface area contributed by atoms with Crippen molar-refractivity contribution in [3.8, 4) is 0 Å². The van der Waals surface area contributed by atoms with Crippen molar-refractivity contribution in [3.05, 3.63) is 35.4 Å². The Morgan fingerprint density at radius 2 is 2.25 bits per heavy atom. The lowest BCUT2D eigenvalue weighted by Crippen LogP contribution is -2.29. The zero-order valence-electron chi connectivity index (χ0n) is 6.96. The fourth-order valence-electron chi connectivity index (χ4n) is 1.75. The number of rotatable bonds is 1. The minimum Gasteiger partial charge on any atom is -0.396 e. The van der Waals surface area contributed by atoms with Crippen molar-refractivity contribution in [1.29, 1.82) is 0 Å². The summed E-state index contributed by atoms with van der Waals surface area (Å²) in [7, 11) is 0. The molecule has 1 aliphatic rings. The molecular weight excluding hydrogens is 150 g/mol. The van der Waals surface area contributed by atoms with Gasteiger partial charge in [0.1, 0.15) is 0 Å². The third kappa shape index (κ3) is 1.24. The molecule has 0 amide bonds. The van der Waals surface area contributed by atoms with E-state index in [2.05, 4.69) is 17.4 Å². The van der Waals surface area contributed by atoms with E-state index in [1.165, 1.54) is 11.1 Å². The second kappa shape index (κ2) is 3.25. The maximum absolute atomic E-state index is 9.10. The molecule has 0 bridgehead atoms. The average Bonchev–Trinajstić information content (AvgIpc) is 2.17. The first-order valence-electron chi connectivity index (χ1n) is 4.31. The third-order valence-corrected chi connectivity index (χ3v) is 2.42. The molecule has 2 heteroatoms. The van der Waals surface area contributed by atoms with Crippen molar-refractivity contribution in [1.82, 2.24) is 5.32 Å². The van der Waals surface area contributed by atoms with Crippen LogP contribution < -0.4 is 5.32 Å². The third-order valence-electron chi connectivity index (χ3n) is 2.42. The summed E-state index contributed by atoms with van der Waals surface area (Å²) in [6.45, 7) is 2.07. The van der Waals surface area contributed by atoms with E-state index in [-0.39, 0.29) is 12.5 Å². The topological polar surface area (TPSA) is 32.3 Å². The highest BCUT2D eigenvalue weighted by atomic mass is 16.3. The van der Waals surface area contributed by atoms with E-state index in [9.17, 15) is 0 Å². The molecule has 2 nitrogen and oxygen atoms in total. The zero-order chi connectivity index (χ0) is 8.39. The molecule has 0 spiro atoms. The van der Waals surface area contributed by atoms with Crippen LogP contribution in [-0.2, 0) is 6.54 Å². The SMILES string of the molecule is OC[C@@H]1CNCc2ccccc21. The molecule has 1 heterocycles. The van der Waals surface area contributed by atoms with Gasteiger partial charge in [-0.25, -0.2) is 0 Å². The maximum atomic E-state index is 9.10. The van der Waals surface area contributed by atoms with Gasteiger partial charge in [0.15, 0.2) is 0 Å². The summed E-state index contributed by atoms with van der Waals surface area (Å²) in [4.78, 5) is 0. The van der Waals surface area contributed by atoms with Crippen molar-refractivity contribution in [3.63, 3.8) is 0 Å². The minimum absolute atomic E-state index is 0.240. The molecule has 1 aromatic rings. The van der Waals surface area contributed by atoms with Crippen LogP contribution in [-0.4, -0.2) is 18.3 Å². The maximum Gasteiger partial charge on any atom is 0.0512 e. The second-order valence-electron chi connectivity index (χ2n) is 3.21. The van der Waals surface area contributed by atoms with Gasteiger partial charge in [0.25, 0.3) is 0 Å². The molecule has 1 aromatic carbocycles. The Kier molecular flexibility index (Phi) is 2.11. The molecule has 2 rings (SSSR count). The summed E-state index contributed by atoms with van der Waals surface area (Å²) in [5.74, 6) is 0.287. The van der Waals surface area contributed by atoms with Gasteiger partial charge in [0, 0.05) is 19.0 Å². The molecule has 0 saturated carbocycles. The second-order valence-corrected chi connectivity index (χ2v) is 3.21. The average molecular weight is 163 g/mol. The monoisotopic (exact) mass is 163 g/mol. The lowest BCUT2D eigenvalue weighted by atomic mass is 9.92. The fraction of sp³-hybridized carbons (Fsp3) is 0.400. The van der Waals surface area contributed by atoms with Crippen LogP contribution in [0.5, 0.6) is 0 Å². The smallest absolute Gasteiger partial charge is 0.0512 e. The van der Waals surface area contributed by atoms with Crippen LogP contribution in [0, 0.1) is 0 Å². The van der Waals surface area contributed by atoms with E-state index < -0.39 is 0 Å². The molecule has 0 radical (unpaired) electrons. The van der Waals surface area contributed by atoms with Crippen LogP contribution in [0.2, 0.25) is 0 Å². The predicted molar refractivity (Wildman–Crippen MR) is 48.0 cm³/mol. The standard InChI is InChI=1S/C10H13NO/c12-7-9-6-11-5-8-3-1-2-4-10(8)9/h1-4,9,11-12H,5-7H2/t9-/m0/s1. The van der Waals surface area contributed by atoms with Gasteiger partial charge in [0.2, 0.25) is 0 Å². The molecule has 0 aromatic heterocycles. The molecule has 1 atom stereocenters. The van der Waals surface area contributed by atoms with Gasteiger partial charge in [-0.15, -0.1) is 0 Å². The Bertz CT molecular complexity index is 272. The Balaban J connectivity index is 2.37. The number of hydrogen-bond acceptors (Lipinski definition) is 2. The van der Waals surface area contributed by atoms with Gasteiger partial charge >= 0.3 is 0 Å². The molecule has 1 aliphatic heterocycles. The zero-order valence-corrected chi connectivity index (χ0v) is 6.96. The molecular formula is C10H13NO. The molecule has 0 unspecified atom stereocenters. The van der Waals surface area contributed by atoms with Crippen molar-refractivity contribution in [2.24, 2.45) is 0 Å². The van der Waals surface area contributed by atoms with Crippen molar-refractivity contribution in [2.45, 2.75) is 12.5 Å². The number of nitrogens with one attached hydrogen (secondary N) is 1. The Morgan fingerprint density at radius 3 is 3.08 bits per heavy atom. The van der Waals surface area contributed by atoms with Crippen LogP contribution >= 0.6 is 0 Å². The normalized spacial score (nSPS) is 21.9. The van der Waals surface area contributed by atoms with Gasteiger partial charge < -0.3 is 10.4 Å². The van der Waals surface area contributed by atoms with Gasteiger partial charge in [-0.2, -0.15) is 0 Å². The van der Waals surface area contributed by atoms with Crippen LogP contribution in [0.15, 0.2) is 24.3 Å². The van der Waals surface area contributed by atoms with Crippen molar-refractivity contribution < 1.29 is 5.11 Å². The van der Waals surface area contributed by atoms with E-state index in [1.807, 2.05) is 12.1 Å². The van der Waals surface area contributed by atoms with E-state index >= 15 is 0 Å². The molecule has 0 fully saturated rings. The number of fused-ring (bicyclic) bond motifs is 1. The highest BCUT2D eigenvalue weighted by Crippen LogP contribution is 2.22. The molecule has 0 saturated heterocycles. The fourth-order valence-corrected chi connectivity index (χ4v) is 1.75. The van der Waals surface area contributed by atoms with E-state index in [0.29, 0.717) is 0 Å². The highest BCUT2D eigenvalue weighted by molar-refractivity contribution is 5.32. The lowest BCUT2D eigenvalue weighted by molar-refractivity contribution is 0.256. The van der Waals surface area contributed by atoms with Crippen molar-refractivity contribution >= 4 is 0 Å². The first-order valence-corrected chi connectivity index (χ1v) is 4.31. The van der Waals surface area contributed by atoms with E-state index in [4.69, 9.17) is 5.11 Å². The Morgan fingerprint density at radius 1 is 1.42 bits per heavy atom. The van der Waals surface area contributed by atoms with Crippen LogP contribution in [0.3, 0.4) is 0 Å². The highest BCUT2D eigenvalue weighted by Gasteiger charge is 2.17. The summed E-state index contributed by atoms with van der Waals surface area (Å²) in [5, 5.41) is 12.4. The minimum atomic E-state index is 0.240. The Hall–Kier alpha value is -0.860. The van der Waals surface area contributed by atoms with Crippen LogP contribution in [0.1, 0.15) is 17.0 Å². The summed E-state index contributed by atoms with van der Waals surface area (Å²) in [6.07, 6.45) is 0. The molecule has 12 heavy (non-hydrogen) atoms. The van der Waals surface area contributed by atoms with E-state index in [1.54, 1.807) is 0 Å². The quantitative estimate of drug-likeness (QED) is 0.643. The summed E-state index contributed by atoms with van der Waals surface area (Å²) in [5.41, 5.74) is 2.63. The summed E-state index contributed by atoms with van der Waals surface area (Å²) < 4.78 is 0. The summed E-state index contributed by atoms with van der Waals surface area (Å²) >= 11 is 0. The van der Waals surface area contributed by atoms with E-state index in [0.717, 1.165) is 13.1 Å². The van der Waals surface area contributed by atoms with Gasteiger partial charge in [-0.05, 0) is 11.1 Å². The first-order chi connectivity index (χ1) is 5.92. The predicted octanol–water partition coefficient (Wildman–Crippen LogP) is 0.866. The van der Waals surface area contributed by atoms with Gasteiger partial charge in [0.05, 0.1) is 6.61 Å². The van der Waals surface area contributed by atoms with Crippen LogP contribution in [0.4, 0.5) is 0 Å². The molecule has 0 aliphatic carbocycles. The largest absolute Gasteiger partial charge is 0.396 e. The molecule has 64 valence electrons. The molecule has 2 N–H and O–H groups in total. The number of benzene rings is 1. The number of aliphatic hydroxyl groups is 1. The van der Waals surface area contributed by atoms with Crippen LogP contribution in [0.25, 0.3) is 0 Å². The lowest BCUT2D eigenvalue weighted by Gasteiger charge is -2.24. The van der Waals surface area contributed by atoms with Gasteiger partial charge in [-0.3, -0.25) is 0 Å². The Labute approximate surface area is 72.2 Å². The van der Waals surface area contributed by atoms with Crippen molar-refractivity contribution in [2.75, 3.05) is 13.2 Å². The number of hydrogen-bond donors (Lipinski definition) is 2. The summed E-state index contributed by atoms with van der Waals surface area (Å²) in [6, 6.07) is 8.30. The first kappa shape index (κ1) is 7.77. The van der Waals surface area contributed by atoms with Gasteiger partial charge in [-0.1, -0.05) is 24.3 Å². The number of aliphatic hydroxyl groups excluding tert-OH is 1.